The first-order valence-electron chi connectivity index (χ1n) is 3.35. The van der Waals surface area contributed by atoms with Gasteiger partial charge in [0.1, 0.15) is 6.07 Å². The van der Waals surface area contributed by atoms with E-state index in [1.165, 1.54) is 0 Å². The molecule has 1 aromatic rings. The van der Waals surface area contributed by atoms with Crippen LogP contribution in [0.5, 0.6) is 5.75 Å². The fourth-order valence-electron chi connectivity index (χ4n) is 0.749. The summed E-state index contributed by atoms with van der Waals surface area (Å²) in [4.78, 5) is 2.73. The molecule has 0 saturated carbocycles. The van der Waals surface area contributed by atoms with Crippen molar-refractivity contribution in [2.45, 2.75) is 6.36 Å². The molecule has 0 bridgehead atoms. The summed E-state index contributed by atoms with van der Waals surface area (Å²) in [5, 5.41) is 8.21. The molecule has 0 N–H and O–H groups in total. The maximum absolute atomic E-state index is 12.9. The summed E-state index contributed by atoms with van der Waals surface area (Å²) >= 11 is 0. The number of aromatic nitrogens is 1. The molecule has 0 radical (unpaired) electrons. The lowest BCUT2D eigenvalue weighted by Crippen LogP contribution is -2.18. The predicted octanol–water partition coefficient (Wildman–Crippen LogP) is 2.13. The Bertz CT molecular complexity index is 423. The fourth-order valence-corrected chi connectivity index (χ4v) is 0.749. The highest BCUT2D eigenvalue weighted by Crippen LogP contribution is 2.26. The zero-order valence-corrected chi connectivity index (χ0v) is 6.77. The van der Waals surface area contributed by atoms with Crippen LogP contribution in [-0.4, -0.2) is 11.3 Å². The quantitative estimate of drug-likeness (QED) is 0.542. The molecule has 8 heteroatoms. The molecule has 0 aliphatic rings. The summed E-state index contributed by atoms with van der Waals surface area (Å²) in [5.41, 5.74) is -1.10. The van der Waals surface area contributed by atoms with E-state index in [-0.39, 0.29) is 6.07 Å². The van der Waals surface area contributed by atoms with Gasteiger partial charge in [-0.3, -0.25) is 0 Å². The van der Waals surface area contributed by atoms with Gasteiger partial charge in [0.25, 0.3) is 0 Å². The summed E-state index contributed by atoms with van der Waals surface area (Å²) < 4.78 is 63.6. The lowest BCUT2D eigenvalue weighted by Gasteiger charge is -2.09. The van der Waals surface area contributed by atoms with Crippen molar-refractivity contribution in [3.8, 4) is 11.8 Å². The van der Waals surface area contributed by atoms with E-state index in [0.717, 1.165) is 6.07 Å². The van der Waals surface area contributed by atoms with Gasteiger partial charge in [0.15, 0.2) is 11.4 Å². The van der Waals surface area contributed by atoms with Gasteiger partial charge in [-0.2, -0.15) is 14.0 Å². The normalized spacial score (nSPS) is 10.9. The second-order valence-corrected chi connectivity index (χ2v) is 2.27. The Balaban J connectivity index is 3.20. The van der Waals surface area contributed by atoms with Crippen LogP contribution in [-0.2, 0) is 0 Å². The van der Waals surface area contributed by atoms with E-state index < -0.39 is 29.6 Å². The lowest BCUT2D eigenvalue weighted by atomic mass is 10.3. The number of hydrogen-bond donors (Lipinski definition) is 0. The molecule has 15 heavy (non-hydrogen) atoms. The smallest absolute Gasteiger partial charge is 0.402 e. The monoisotopic (exact) mass is 224 g/mol. The van der Waals surface area contributed by atoms with Crippen LogP contribution in [0.15, 0.2) is 6.07 Å². The molecule has 0 aliphatic heterocycles. The maximum atomic E-state index is 12.9. The highest BCUT2D eigenvalue weighted by Gasteiger charge is 2.33. The van der Waals surface area contributed by atoms with Crippen LogP contribution in [0.1, 0.15) is 5.69 Å². The molecule has 0 saturated heterocycles. The lowest BCUT2D eigenvalue weighted by molar-refractivity contribution is -0.275. The van der Waals surface area contributed by atoms with Crippen molar-refractivity contribution >= 4 is 0 Å². The van der Waals surface area contributed by atoms with Gasteiger partial charge < -0.3 is 4.74 Å². The minimum atomic E-state index is -5.17. The van der Waals surface area contributed by atoms with Crippen molar-refractivity contribution in [1.29, 1.82) is 5.26 Å². The van der Waals surface area contributed by atoms with Crippen LogP contribution < -0.4 is 4.74 Å². The van der Waals surface area contributed by atoms with E-state index in [1.54, 1.807) is 0 Å². The van der Waals surface area contributed by atoms with E-state index in [4.69, 9.17) is 5.26 Å². The Morgan fingerprint density at radius 2 is 1.93 bits per heavy atom. The van der Waals surface area contributed by atoms with E-state index in [9.17, 15) is 22.0 Å². The molecule has 1 aromatic heterocycles. The van der Waals surface area contributed by atoms with Crippen molar-refractivity contribution in [2.75, 3.05) is 0 Å². The van der Waals surface area contributed by atoms with Crippen molar-refractivity contribution in [3.05, 3.63) is 23.5 Å². The molecular weight excluding hydrogens is 223 g/mol. The van der Waals surface area contributed by atoms with Crippen LogP contribution in [0.2, 0.25) is 0 Å². The Morgan fingerprint density at radius 3 is 2.40 bits per heavy atom. The van der Waals surface area contributed by atoms with Crippen molar-refractivity contribution in [1.82, 2.24) is 4.98 Å². The number of hydrogen-bond acceptors (Lipinski definition) is 3. The number of nitrogens with zero attached hydrogens (tertiary/aromatic N) is 2. The minimum Gasteiger partial charge on any atom is -0.402 e. The standard InChI is InChI=1S/C7HF5N2O/c8-5-1-4(15-7(10,11)12)6(9)3(2-13)14-5/h1H. The highest BCUT2D eigenvalue weighted by atomic mass is 19.4. The average molecular weight is 224 g/mol. The van der Waals surface area contributed by atoms with E-state index in [2.05, 4.69) is 9.72 Å². The van der Waals surface area contributed by atoms with Gasteiger partial charge in [0.05, 0.1) is 0 Å². The van der Waals surface area contributed by atoms with E-state index in [1.807, 2.05) is 0 Å². The molecule has 80 valence electrons. The van der Waals surface area contributed by atoms with Gasteiger partial charge in [-0.15, -0.1) is 13.2 Å². The number of pyridine rings is 1. The first-order chi connectivity index (χ1) is 6.83. The summed E-state index contributed by atoms with van der Waals surface area (Å²) in [6.45, 7) is 0. The Kier molecular flexibility index (Phi) is 2.74. The van der Waals surface area contributed by atoms with Crippen LogP contribution in [0.25, 0.3) is 0 Å². The van der Waals surface area contributed by atoms with Crippen LogP contribution in [0.3, 0.4) is 0 Å². The number of ether oxygens (including phenoxy) is 1. The SMILES string of the molecule is N#Cc1nc(F)cc(OC(F)(F)F)c1F. The highest BCUT2D eigenvalue weighted by molar-refractivity contribution is 5.33. The number of halogens is 5. The fraction of sp³-hybridized carbons (Fsp3) is 0.143. The summed E-state index contributed by atoms with van der Waals surface area (Å²) in [7, 11) is 0. The largest absolute Gasteiger partial charge is 0.573 e. The third kappa shape index (κ3) is 2.77. The molecule has 1 rings (SSSR count). The minimum absolute atomic E-state index is 0.101. The molecule has 0 amide bonds. The van der Waals surface area contributed by atoms with Gasteiger partial charge in [-0.1, -0.05) is 0 Å². The third-order valence-corrected chi connectivity index (χ3v) is 1.22. The molecule has 0 unspecified atom stereocenters. The van der Waals surface area contributed by atoms with Gasteiger partial charge in [0.2, 0.25) is 11.8 Å². The molecule has 0 atom stereocenters. The van der Waals surface area contributed by atoms with Crippen molar-refractivity contribution < 1.29 is 26.7 Å². The summed E-state index contributed by atoms with van der Waals surface area (Å²) in [6, 6.07) is 1.19. The zero-order valence-electron chi connectivity index (χ0n) is 6.77. The third-order valence-electron chi connectivity index (χ3n) is 1.22. The Morgan fingerprint density at radius 1 is 1.33 bits per heavy atom. The zero-order chi connectivity index (χ0) is 11.6. The van der Waals surface area contributed by atoms with Gasteiger partial charge in [0, 0.05) is 6.07 Å². The molecule has 0 fully saturated rings. The Labute approximate surface area is 79.7 Å². The summed E-state index contributed by atoms with van der Waals surface area (Å²) in [5.74, 6) is -4.52. The molecule has 1 heterocycles. The van der Waals surface area contributed by atoms with Gasteiger partial charge in [-0.05, 0) is 0 Å². The Hall–Kier alpha value is -1.91. The molecule has 0 aliphatic carbocycles. The van der Waals surface area contributed by atoms with E-state index in [0.29, 0.717) is 0 Å². The predicted molar refractivity (Wildman–Crippen MR) is 35.6 cm³/mol. The maximum Gasteiger partial charge on any atom is 0.573 e. The number of rotatable bonds is 1. The van der Waals surface area contributed by atoms with Gasteiger partial charge >= 0.3 is 6.36 Å². The molecule has 0 aromatic carbocycles. The number of alkyl halides is 3. The van der Waals surface area contributed by atoms with Crippen molar-refractivity contribution in [2.24, 2.45) is 0 Å². The second kappa shape index (κ2) is 3.68. The molecular formula is C7HF5N2O. The summed E-state index contributed by atoms with van der Waals surface area (Å²) in [6.07, 6.45) is -5.17. The number of nitriles is 1. The molecule has 0 spiro atoms. The molecule has 3 nitrogen and oxygen atoms in total. The second-order valence-electron chi connectivity index (χ2n) is 2.27. The van der Waals surface area contributed by atoms with Crippen LogP contribution >= 0.6 is 0 Å². The van der Waals surface area contributed by atoms with E-state index >= 15 is 0 Å². The van der Waals surface area contributed by atoms with Crippen LogP contribution in [0.4, 0.5) is 22.0 Å². The first kappa shape index (κ1) is 11.2. The first-order valence-corrected chi connectivity index (χ1v) is 3.35. The van der Waals surface area contributed by atoms with Gasteiger partial charge in [-0.25, -0.2) is 4.98 Å². The van der Waals surface area contributed by atoms with Crippen LogP contribution in [0, 0.1) is 23.1 Å². The average Bonchev–Trinajstić information content (AvgIpc) is 2.08. The van der Waals surface area contributed by atoms with Crippen molar-refractivity contribution in [3.63, 3.8) is 0 Å². The topological polar surface area (TPSA) is 45.9 Å².